The number of nitrogens with one attached hydrogen (secondary N) is 1. The van der Waals surface area contributed by atoms with Crippen LogP contribution >= 0.6 is 15.9 Å². The Bertz CT molecular complexity index is 776. The number of rotatable bonds is 4. The predicted octanol–water partition coefficient (Wildman–Crippen LogP) is 3.15. The Morgan fingerprint density at radius 3 is 2.62 bits per heavy atom. The van der Waals surface area contributed by atoms with Crippen molar-refractivity contribution in [2.24, 2.45) is 0 Å². The average molecular weight is 371 g/mol. The summed E-state index contributed by atoms with van der Waals surface area (Å²) < 4.78 is 33.1. The van der Waals surface area contributed by atoms with Crippen LogP contribution in [0.1, 0.15) is 5.56 Å². The molecule has 21 heavy (non-hydrogen) atoms. The fourth-order valence-corrected chi connectivity index (χ4v) is 3.37. The first-order chi connectivity index (χ1) is 9.85. The molecular weight excluding hydrogens is 356 g/mol. The number of hydrogen-bond donors (Lipinski definition) is 2. The van der Waals surface area contributed by atoms with Crippen molar-refractivity contribution in [1.29, 1.82) is 0 Å². The zero-order valence-electron chi connectivity index (χ0n) is 11.6. The number of halogens is 1. The van der Waals surface area contributed by atoms with Gasteiger partial charge in [-0.25, -0.2) is 8.42 Å². The van der Waals surface area contributed by atoms with E-state index in [1.165, 1.54) is 25.3 Å². The summed E-state index contributed by atoms with van der Waals surface area (Å²) in [5.41, 5.74) is 7.49. The number of benzene rings is 2. The van der Waals surface area contributed by atoms with Gasteiger partial charge in [-0.05, 0) is 46.6 Å². The van der Waals surface area contributed by atoms with Crippen molar-refractivity contribution >= 4 is 37.3 Å². The second kappa shape index (κ2) is 5.95. The molecule has 0 aromatic heterocycles. The van der Waals surface area contributed by atoms with Gasteiger partial charge in [0.1, 0.15) is 5.75 Å². The number of nitrogen functional groups attached to an aromatic ring is 1. The van der Waals surface area contributed by atoms with Gasteiger partial charge in [-0.3, -0.25) is 4.72 Å². The smallest absolute Gasteiger partial charge is 0.262 e. The van der Waals surface area contributed by atoms with Gasteiger partial charge in [0.2, 0.25) is 0 Å². The van der Waals surface area contributed by atoms with Crippen molar-refractivity contribution in [3.63, 3.8) is 0 Å². The van der Waals surface area contributed by atoms with Gasteiger partial charge in [-0.2, -0.15) is 0 Å². The van der Waals surface area contributed by atoms with E-state index >= 15 is 0 Å². The Morgan fingerprint density at radius 2 is 1.95 bits per heavy atom. The molecule has 0 atom stereocenters. The quantitative estimate of drug-likeness (QED) is 0.809. The summed E-state index contributed by atoms with van der Waals surface area (Å²) in [7, 11) is -2.28. The number of nitrogens with two attached hydrogens (primary N) is 1. The molecule has 2 aromatic rings. The van der Waals surface area contributed by atoms with Crippen LogP contribution in [-0.2, 0) is 10.0 Å². The molecule has 0 radical (unpaired) electrons. The topological polar surface area (TPSA) is 81.4 Å². The lowest BCUT2D eigenvalue weighted by Gasteiger charge is -2.12. The van der Waals surface area contributed by atoms with Gasteiger partial charge in [0.15, 0.2) is 0 Å². The molecule has 0 saturated carbocycles. The van der Waals surface area contributed by atoms with Gasteiger partial charge in [-0.1, -0.05) is 12.1 Å². The Morgan fingerprint density at radius 1 is 1.24 bits per heavy atom. The second-order valence-electron chi connectivity index (χ2n) is 4.45. The number of methoxy groups -OCH3 is 1. The van der Waals surface area contributed by atoms with Crippen LogP contribution in [0.4, 0.5) is 11.4 Å². The van der Waals surface area contributed by atoms with Crippen LogP contribution in [0, 0.1) is 6.92 Å². The van der Waals surface area contributed by atoms with Crippen molar-refractivity contribution < 1.29 is 13.2 Å². The van der Waals surface area contributed by atoms with Crippen LogP contribution in [0.25, 0.3) is 0 Å². The van der Waals surface area contributed by atoms with Gasteiger partial charge in [-0.15, -0.1) is 0 Å². The molecule has 2 aromatic carbocycles. The molecule has 0 aliphatic heterocycles. The molecule has 0 bridgehead atoms. The summed E-state index contributed by atoms with van der Waals surface area (Å²) in [5, 5.41) is 0. The lowest BCUT2D eigenvalue weighted by Crippen LogP contribution is -2.13. The Kier molecular flexibility index (Phi) is 4.43. The first-order valence-corrected chi connectivity index (χ1v) is 8.34. The molecule has 0 spiro atoms. The minimum absolute atomic E-state index is 0.0851. The first kappa shape index (κ1) is 15.7. The third kappa shape index (κ3) is 3.30. The lowest BCUT2D eigenvalue weighted by molar-refractivity contribution is 0.415. The van der Waals surface area contributed by atoms with Crippen LogP contribution in [0.5, 0.6) is 5.75 Å². The summed E-state index contributed by atoms with van der Waals surface area (Å²) in [5.74, 6) is 0.321. The highest BCUT2D eigenvalue weighted by Crippen LogP contribution is 2.30. The minimum Gasteiger partial charge on any atom is -0.495 e. The van der Waals surface area contributed by atoms with Crippen molar-refractivity contribution in [2.75, 3.05) is 17.6 Å². The Balaban J connectivity index is 2.41. The molecule has 0 saturated heterocycles. The van der Waals surface area contributed by atoms with E-state index in [1.807, 2.05) is 13.0 Å². The van der Waals surface area contributed by atoms with E-state index in [2.05, 4.69) is 20.7 Å². The van der Waals surface area contributed by atoms with Gasteiger partial charge >= 0.3 is 0 Å². The number of aryl methyl sites for hydroxylation is 1. The van der Waals surface area contributed by atoms with E-state index in [0.29, 0.717) is 21.6 Å². The zero-order chi connectivity index (χ0) is 15.6. The molecule has 2 rings (SSSR count). The van der Waals surface area contributed by atoms with Crippen LogP contribution in [-0.4, -0.2) is 15.5 Å². The van der Waals surface area contributed by atoms with Gasteiger partial charge in [0.25, 0.3) is 10.0 Å². The van der Waals surface area contributed by atoms with Gasteiger partial charge in [0.05, 0.1) is 23.4 Å². The van der Waals surface area contributed by atoms with E-state index in [4.69, 9.17) is 10.5 Å². The predicted molar refractivity (Wildman–Crippen MR) is 87.1 cm³/mol. The van der Waals surface area contributed by atoms with Crippen LogP contribution < -0.4 is 15.2 Å². The van der Waals surface area contributed by atoms with Gasteiger partial charge < -0.3 is 10.5 Å². The number of anilines is 2. The third-order valence-corrected chi connectivity index (χ3v) is 5.37. The third-order valence-electron chi connectivity index (χ3n) is 2.95. The van der Waals surface area contributed by atoms with Crippen molar-refractivity contribution in [1.82, 2.24) is 0 Å². The van der Waals surface area contributed by atoms with E-state index < -0.39 is 10.0 Å². The van der Waals surface area contributed by atoms with E-state index in [0.717, 1.165) is 5.56 Å². The molecule has 7 heteroatoms. The summed E-state index contributed by atoms with van der Waals surface area (Å²) in [4.78, 5) is 0.0851. The normalized spacial score (nSPS) is 11.2. The number of ether oxygens (including phenoxy) is 1. The Hall–Kier alpha value is -1.73. The number of sulfonamides is 1. The van der Waals surface area contributed by atoms with Crippen molar-refractivity contribution in [3.8, 4) is 5.75 Å². The summed E-state index contributed by atoms with van der Waals surface area (Å²) in [6, 6.07) is 9.67. The van der Waals surface area contributed by atoms with Crippen molar-refractivity contribution in [3.05, 3.63) is 46.4 Å². The summed E-state index contributed by atoms with van der Waals surface area (Å²) in [6.07, 6.45) is 0. The highest BCUT2D eigenvalue weighted by molar-refractivity contribution is 9.10. The summed E-state index contributed by atoms with van der Waals surface area (Å²) in [6.45, 7) is 1.88. The molecule has 0 fully saturated rings. The maximum atomic E-state index is 12.4. The van der Waals surface area contributed by atoms with Crippen LogP contribution in [0.3, 0.4) is 0 Å². The van der Waals surface area contributed by atoms with Crippen LogP contribution in [0.15, 0.2) is 45.8 Å². The molecule has 0 heterocycles. The maximum absolute atomic E-state index is 12.4. The summed E-state index contributed by atoms with van der Waals surface area (Å²) >= 11 is 3.37. The van der Waals surface area contributed by atoms with Crippen molar-refractivity contribution in [2.45, 2.75) is 11.8 Å². The molecule has 0 unspecified atom stereocenters. The maximum Gasteiger partial charge on any atom is 0.262 e. The zero-order valence-corrected chi connectivity index (χ0v) is 14.0. The highest BCUT2D eigenvalue weighted by Gasteiger charge is 2.17. The highest BCUT2D eigenvalue weighted by atomic mass is 79.9. The molecule has 0 aliphatic carbocycles. The van der Waals surface area contributed by atoms with E-state index in [1.54, 1.807) is 12.1 Å². The fourth-order valence-electron chi connectivity index (χ4n) is 1.79. The number of hydrogen-bond acceptors (Lipinski definition) is 4. The first-order valence-electron chi connectivity index (χ1n) is 6.06. The minimum atomic E-state index is -3.72. The molecule has 5 nitrogen and oxygen atoms in total. The standard InChI is InChI=1S/C14H15BrN2O3S/c1-9-4-3-5-12(14(9)15)17-21(18,19)10-6-7-11(16)13(8-10)20-2/h3-8,17H,16H2,1-2H3. The monoisotopic (exact) mass is 370 g/mol. The van der Waals surface area contributed by atoms with E-state index in [-0.39, 0.29) is 4.90 Å². The molecule has 3 N–H and O–H groups in total. The molecular formula is C14H15BrN2O3S. The SMILES string of the molecule is COc1cc(S(=O)(=O)Nc2cccc(C)c2Br)ccc1N. The molecule has 112 valence electrons. The molecule has 0 aliphatic rings. The van der Waals surface area contributed by atoms with E-state index in [9.17, 15) is 8.42 Å². The Labute approximate surface area is 132 Å². The van der Waals surface area contributed by atoms with Gasteiger partial charge in [0, 0.05) is 10.5 Å². The van der Waals surface area contributed by atoms with Crippen LogP contribution in [0.2, 0.25) is 0 Å². The molecule has 0 amide bonds. The largest absolute Gasteiger partial charge is 0.495 e. The average Bonchev–Trinajstić information content (AvgIpc) is 2.44. The fraction of sp³-hybridized carbons (Fsp3) is 0.143. The lowest BCUT2D eigenvalue weighted by atomic mass is 10.2. The second-order valence-corrected chi connectivity index (χ2v) is 6.92.